The van der Waals surface area contributed by atoms with E-state index in [2.05, 4.69) is 25.8 Å². The number of carbonyl (C=O) groups excluding carboxylic acids is 2. The third-order valence-electron chi connectivity index (χ3n) is 4.35. The molecule has 2 amide bonds. The average molecular weight is 435 g/mol. The van der Waals surface area contributed by atoms with E-state index in [4.69, 9.17) is 9.84 Å². The maximum Gasteiger partial charge on any atom is 0.408 e. The van der Waals surface area contributed by atoms with Crippen molar-refractivity contribution in [3.63, 3.8) is 0 Å². The predicted molar refractivity (Wildman–Crippen MR) is 115 cm³/mol. The highest BCUT2D eigenvalue weighted by Gasteiger charge is 2.22. The molecule has 164 valence electrons. The summed E-state index contributed by atoms with van der Waals surface area (Å²) in [5.74, 6) is -1.59. The minimum atomic E-state index is -1.03. The monoisotopic (exact) mass is 435 g/mol. The van der Waals surface area contributed by atoms with Crippen LogP contribution in [0.4, 0.5) is 4.79 Å². The summed E-state index contributed by atoms with van der Waals surface area (Å²) in [5.41, 5.74) is 4.56. The van der Waals surface area contributed by atoms with Crippen LogP contribution in [0.5, 0.6) is 0 Å². The van der Waals surface area contributed by atoms with Crippen LogP contribution in [-0.2, 0) is 22.6 Å². The van der Waals surface area contributed by atoms with Crippen molar-refractivity contribution in [2.45, 2.75) is 19.1 Å². The quantitative estimate of drug-likeness (QED) is 0.299. The highest BCUT2D eigenvalue weighted by molar-refractivity contribution is 5.90. The van der Waals surface area contributed by atoms with Gasteiger partial charge in [0, 0.05) is 18.3 Å². The summed E-state index contributed by atoms with van der Waals surface area (Å²) >= 11 is 0. The Bertz CT molecular complexity index is 1070. The van der Waals surface area contributed by atoms with E-state index in [0.717, 1.165) is 5.56 Å². The number of alkyl carbamates (subject to hydrolysis) is 1. The van der Waals surface area contributed by atoms with Crippen molar-refractivity contribution in [2.75, 3.05) is 0 Å². The number of hydrogen-bond donors (Lipinski definition) is 4. The number of benzene rings is 2. The highest BCUT2D eigenvalue weighted by atomic mass is 16.5. The lowest BCUT2D eigenvalue weighted by atomic mass is 10.1. The summed E-state index contributed by atoms with van der Waals surface area (Å²) in [7, 11) is 0. The number of carbonyl (C=O) groups is 3. The van der Waals surface area contributed by atoms with Crippen molar-refractivity contribution in [2.24, 2.45) is 5.10 Å². The molecule has 0 aliphatic rings. The lowest BCUT2D eigenvalue weighted by molar-refractivity contribution is -0.123. The Hall–Kier alpha value is -4.47. The number of imidazole rings is 1. The summed E-state index contributed by atoms with van der Waals surface area (Å²) in [5, 5.41) is 15.3. The van der Waals surface area contributed by atoms with Crippen molar-refractivity contribution >= 4 is 24.2 Å². The van der Waals surface area contributed by atoms with E-state index in [-0.39, 0.29) is 18.6 Å². The minimum Gasteiger partial charge on any atom is -0.478 e. The fourth-order valence-corrected chi connectivity index (χ4v) is 2.69. The first-order valence-corrected chi connectivity index (χ1v) is 9.62. The molecule has 0 fully saturated rings. The Morgan fingerprint density at radius 2 is 1.88 bits per heavy atom. The number of nitrogens with one attached hydrogen (secondary N) is 3. The summed E-state index contributed by atoms with van der Waals surface area (Å²) in [6.07, 6.45) is 3.78. The number of nitrogens with zero attached hydrogens (tertiary/aromatic N) is 2. The lowest BCUT2D eigenvalue weighted by Crippen LogP contribution is -2.47. The van der Waals surface area contributed by atoms with E-state index < -0.39 is 24.0 Å². The van der Waals surface area contributed by atoms with E-state index in [1.165, 1.54) is 24.7 Å². The van der Waals surface area contributed by atoms with Gasteiger partial charge in [0.15, 0.2) is 0 Å². The molecule has 0 radical (unpaired) electrons. The molecule has 2 aromatic carbocycles. The van der Waals surface area contributed by atoms with Gasteiger partial charge < -0.3 is 20.1 Å². The van der Waals surface area contributed by atoms with Gasteiger partial charge in [0.2, 0.25) is 0 Å². The maximum absolute atomic E-state index is 12.6. The van der Waals surface area contributed by atoms with Crippen LogP contribution < -0.4 is 10.7 Å². The number of hydrazone groups is 1. The van der Waals surface area contributed by atoms with E-state index in [1.807, 2.05) is 30.3 Å². The Labute approximate surface area is 183 Å². The molecule has 32 heavy (non-hydrogen) atoms. The van der Waals surface area contributed by atoms with Crippen LogP contribution in [0, 0.1) is 0 Å². The number of ether oxygens (including phenoxy) is 1. The first-order chi connectivity index (χ1) is 15.5. The predicted octanol–water partition coefficient (Wildman–Crippen LogP) is 2.10. The molecule has 0 spiro atoms. The van der Waals surface area contributed by atoms with Gasteiger partial charge in [0.25, 0.3) is 5.91 Å². The second-order valence-corrected chi connectivity index (χ2v) is 6.70. The number of aromatic carboxylic acids is 1. The summed E-state index contributed by atoms with van der Waals surface area (Å²) in [4.78, 5) is 42.5. The Morgan fingerprint density at radius 3 is 2.53 bits per heavy atom. The standard InChI is InChI=1S/C22H21N5O5/c28-20(27-25-11-15-6-8-17(9-7-15)21(29)30)19(10-18-12-23-14-24-18)26-22(31)32-13-16-4-2-1-3-5-16/h1-9,11-12,14,19H,10,13H2,(H,23,24)(H,26,31)(H,27,28)(H,29,30)/b25-11-/t19-/m1/s1. The van der Waals surface area contributed by atoms with Gasteiger partial charge in [0.1, 0.15) is 12.6 Å². The second-order valence-electron chi connectivity index (χ2n) is 6.70. The molecule has 0 unspecified atom stereocenters. The van der Waals surface area contributed by atoms with Crippen LogP contribution in [-0.4, -0.2) is 45.3 Å². The first kappa shape index (κ1) is 22.2. The van der Waals surface area contributed by atoms with Gasteiger partial charge in [-0.05, 0) is 23.3 Å². The van der Waals surface area contributed by atoms with Crippen LogP contribution >= 0.6 is 0 Å². The van der Waals surface area contributed by atoms with Crippen molar-refractivity contribution in [1.82, 2.24) is 20.7 Å². The number of hydrogen-bond acceptors (Lipinski definition) is 6. The number of rotatable bonds is 9. The number of aromatic nitrogens is 2. The molecule has 1 atom stereocenters. The normalized spacial score (nSPS) is 11.6. The van der Waals surface area contributed by atoms with Gasteiger partial charge in [-0.25, -0.2) is 20.0 Å². The summed E-state index contributed by atoms with van der Waals surface area (Å²) in [6.45, 7) is 0.0650. The van der Waals surface area contributed by atoms with E-state index in [0.29, 0.717) is 11.3 Å². The molecule has 1 heterocycles. The zero-order chi connectivity index (χ0) is 22.8. The highest BCUT2D eigenvalue weighted by Crippen LogP contribution is 2.04. The van der Waals surface area contributed by atoms with E-state index in [1.54, 1.807) is 18.3 Å². The summed E-state index contributed by atoms with van der Waals surface area (Å²) < 4.78 is 5.19. The summed E-state index contributed by atoms with van der Waals surface area (Å²) in [6, 6.07) is 14.2. The second kappa shape index (κ2) is 11.1. The van der Waals surface area contributed by atoms with E-state index in [9.17, 15) is 14.4 Å². The van der Waals surface area contributed by atoms with Crippen molar-refractivity contribution in [1.29, 1.82) is 0 Å². The molecule has 0 saturated heterocycles. The number of H-pyrrole nitrogens is 1. The van der Waals surface area contributed by atoms with Gasteiger partial charge in [0.05, 0.1) is 18.1 Å². The van der Waals surface area contributed by atoms with Crippen LogP contribution in [0.1, 0.15) is 27.2 Å². The zero-order valence-corrected chi connectivity index (χ0v) is 16.9. The molecule has 10 nitrogen and oxygen atoms in total. The third kappa shape index (κ3) is 6.80. The topological polar surface area (TPSA) is 146 Å². The Balaban J connectivity index is 1.58. The molecule has 4 N–H and O–H groups in total. The zero-order valence-electron chi connectivity index (χ0n) is 16.9. The van der Waals surface area contributed by atoms with Crippen LogP contribution in [0.25, 0.3) is 0 Å². The minimum absolute atomic E-state index is 0.0650. The maximum atomic E-state index is 12.6. The molecule has 0 aliphatic carbocycles. The van der Waals surface area contributed by atoms with Gasteiger partial charge in [-0.1, -0.05) is 42.5 Å². The molecule has 0 saturated carbocycles. The fraction of sp³-hybridized carbons (Fsp3) is 0.136. The van der Waals surface area contributed by atoms with E-state index >= 15 is 0 Å². The van der Waals surface area contributed by atoms with Gasteiger partial charge in [-0.2, -0.15) is 5.10 Å². The SMILES string of the molecule is O=C(N[C@H](Cc1cnc[nH]1)C(=O)N/N=C\c1ccc(C(=O)O)cc1)OCc1ccccc1. The Kier molecular flexibility index (Phi) is 7.68. The number of aromatic amines is 1. The van der Waals surface area contributed by atoms with Gasteiger partial charge in [-0.15, -0.1) is 0 Å². The molecule has 3 aromatic rings. The van der Waals surface area contributed by atoms with Crippen molar-refractivity contribution in [3.8, 4) is 0 Å². The molecular formula is C22H21N5O5. The molecule has 3 rings (SSSR count). The number of carboxylic acids is 1. The first-order valence-electron chi connectivity index (χ1n) is 9.62. The number of amides is 2. The van der Waals surface area contributed by atoms with Gasteiger partial charge in [-0.3, -0.25) is 4.79 Å². The lowest BCUT2D eigenvalue weighted by Gasteiger charge is -2.16. The van der Waals surface area contributed by atoms with Gasteiger partial charge >= 0.3 is 12.1 Å². The van der Waals surface area contributed by atoms with Crippen molar-refractivity contribution < 1.29 is 24.2 Å². The Morgan fingerprint density at radius 1 is 1.12 bits per heavy atom. The molecular weight excluding hydrogens is 414 g/mol. The molecule has 0 aliphatic heterocycles. The van der Waals surface area contributed by atoms with Crippen LogP contribution in [0.2, 0.25) is 0 Å². The fourth-order valence-electron chi connectivity index (χ4n) is 2.69. The molecule has 0 bridgehead atoms. The van der Waals surface area contributed by atoms with Crippen molar-refractivity contribution in [3.05, 3.63) is 89.5 Å². The van der Waals surface area contributed by atoms with Crippen LogP contribution in [0.15, 0.2) is 72.2 Å². The third-order valence-corrected chi connectivity index (χ3v) is 4.35. The average Bonchev–Trinajstić information content (AvgIpc) is 3.31. The van der Waals surface area contributed by atoms with Crippen LogP contribution in [0.3, 0.4) is 0 Å². The molecule has 10 heteroatoms. The smallest absolute Gasteiger partial charge is 0.408 e. The number of carboxylic acid groups (broad SMARTS) is 1. The largest absolute Gasteiger partial charge is 0.478 e. The molecule has 1 aromatic heterocycles.